The van der Waals surface area contributed by atoms with E-state index in [9.17, 15) is 18.0 Å². The zero-order chi connectivity index (χ0) is 21.4. The number of rotatable bonds is 9. The van der Waals surface area contributed by atoms with Crippen LogP contribution in [0.5, 0.6) is 0 Å². The summed E-state index contributed by atoms with van der Waals surface area (Å²) in [6, 6.07) is 12.1. The average Bonchev–Trinajstić information content (AvgIpc) is 2.70. The highest BCUT2D eigenvalue weighted by Gasteiger charge is 2.16. The van der Waals surface area contributed by atoms with E-state index in [4.69, 9.17) is 4.74 Å². The molecule has 0 bridgehead atoms. The van der Waals surface area contributed by atoms with Crippen molar-refractivity contribution in [1.29, 1.82) is 0 Å². The number of carbonyl (C=O) groups excluding carboxylic acids is 2. The van der Waals surface area contributed by atoms with Crippen molar-refractivity contribution >= 4 is 43.5 Å². The molecule has 2 N–H and O–H groups in total. The lowest BCUT2D eigenvalue weighted by Crippen LogP contribution is -2.36. The molecule has 0 unspecified atom stereocenters. The largest absolute Gasteiger partial charge is 0.452 e. The molecule has 0 aliphatic heterocycles. The summed E-state index contributed by atoms with van der Waals surface area (Å²) in [7, 11) is -3.80. The molecule has 2 aromatic rings. The third kappa shape index (κ3) is 6.86. The molecule has 156 valence electrons. The fourth-order valence-corrected chi connectivity index (χ4v) is 3.83. The summed E-state index contributed by atoms with van der Waals surface area (Å²) in [5.74, 6) is -1.09. The highest BCUT2D eigenvalue weighted by molar-refractivity contribution is 9.10. The van der Waals surface area contributed by atoms with Gasteiger partial charge in [-0.3, -0.25) is 9.52 Å². The molecule has 0 radical (unpaired) electrons. The van der Waals surface area contributed by atoms with Crippen LogP contribution in [0.1, 0.15) is 37.0 Å². The molecule has 29 heavy (non-hydrogen) atoms. The van der Waals surface area contributed by atoms with Gasteiger partial charge >= 0.3 is 5.97 Å². The van der Waals surface area contributed by atoms with Crippen LogP contribution < -0.4 is 10.0 Å². The lowest BCUT2D eigenvalue weighted by atomic mass is 10.2. The third-order valence-electron chi connectivity index (χ3n) is 4.16. The molecular weight excluding hydrogens is 460 g/mol. The molecule has 0 aromatic heterocycles. The molecule has 0 saturated carbocycles. The first kappa shape index (κ1) is 22.9. The summed E-state index contributed by atoms with van der Waals surface area (Å²) in [5, 5.41) is 2.78. The second-order valence-electron chi connectivity index (χ2n) is 6.30. The zero-order valence-corrected chi connectivity index (χ0v) is 18.5. The normalized spacial score (nSPS) is 11.2. The van der Waals surface area contributed by atoms with Crippen LogP contribution >= 0.6 is 15.9 Å². The van der Waals surface area contributed by atoms with Gasteiger partial charge in [-0.25, -0.2) is 13.2 Å². The summed E-state index contributed by atoms with van der Waals surface area (Å²) in [4.78, 5) is 24.2. The van der Waals surface area contributed by atoms with Gasteiger partial charge in [-0.15, -0.1) is 0 Å². The van der Waals surface area contributed by atoms with Crippen LogP contribution in [-0.4, -0.2) is 32.9 Å². The maximum Gasteiger partial charge on any atom is 0.338 e. The number of carbonyl (C=O) groups is 2. The Bertz CT molecular complexity index is 957. The van der Waals surface area contributed by atoms with Crippen LogP contribution in [0.3, 0.4) is 0 Å². The molecule has 9 heteroatoms. The van der Waals surface area contributed by atoms with E-state index in [1.54, 1.807) is 12.1 Å². The SMILES string of the molecule is CCC(CC)NC(=O)COC(=O)c1cccc(NS(=O)(=O)c2ccc(Br)cc2)c1. The monoisotopic (exact) mass is 482 g/mol. The predicted octanol–water partition coefficient (Wildman–Crippen LogP) is 3.71. The molecule has 1 amide bonds. The van der Waals surface area contributed by atoms with Gasteiger partial charge in [0.15, 0.2) is 6.61 Å². The number of esters is 1. The number of amides is 1. The molecule has 0 atom stereocenters. The van der Waals surface area contributed by atoms with E-state index in [0.29, 0.717) is 0 Å². The summed E-state index contributed by atoms with van der Waals surface area (Å²) in [6.07, 6.45) is 1.58. The van der Waals surface area contributed by atoms with Gasteiger partial charge < -0.3 is 10.1 Å². The third-order valence-corrected chi connectivity index (χ3v) is 6.09. The van der Waals surface area contributed by atoms with Crippen LogP contribution in [-0.2, 0) is 19.6 Å². The fourth-order valence-electron chi connectivity index (χ4n) is 2.51. The number of sulfonamides is 1. The maximum absolute atomic E-state index is 12.5. The van der Waals surface area contributed by atoms with Crippen LogP contribution in [0.4, 0.5) is 5.69 Å². The van der Waals surface area contributed by atoms with E-state index in [0.717, 1.165) is 17.3 Å². The Morgan fingerprint density at radius 2 is 1.72 bits per heavy atom. The minimum atomic E-state index is -3.80. The van der Waals surface area contributed by atoms with Gasteiger partial charge in [0.2, 0.25) is 0 Å². The fraction of sp³-hybridized carbons (Fsp3) is 0.300. The van der Waals surface area contributed by atoms with E-state index in [-0.39, 0.29) is 28.1 Å². The number of halogens is 1. The highest BCUT2D eigenvalue weighted by atomic mass is 79.9. The van der Waals surface area contributed by atoms with Crippen LogP contribution in [0.25, 0.3) is 0 Å². The first-order chi connectivity index (χ1) is 13.7. The summed E-state index contributed by atoms with van der Waals surface area (Å²) < 4.78 is 33.2. The minimum Gasteiger partial charge on any atom is -0.452 e. The van der Waals surface area contributed by atoms with Crippen molar-refractivity contribution in [2.24, 2.45) is 0 Å². The Labute approximate surface area is 179 Å². The number of ether oxygens (including phenoxy) is 1. The van der Waals surface area contributed by atoms with Crippen molar-refractivity contribution in [2.45, 2.75) is 37.6 Å². The first-order valence-electron chi connectivity index (χ1n) is 9.10. The van der Waals surface area contributed by atoms with Gasteiger partial charge in [-0.05, 0) is 55.3 Å². The molecular formula is C20H23BrN2O5S. The number of nitrogens with one attached hydrogen (secondary N) is 2. The molecule has 7 nitrogen and oxygen atoms in total. The Morgan fingerprint density at radius 1 is 1.07 bits per heavy atom. The first-order valence-corrected chi connectivity index (χ1v) is 11.4. The lowest BCUT2D eigenvalue weighted by molar-refractivity contribution is -0.125. The molecule has 0 fully saturated rings. The zero-order valence-electron chi connectivity index (χ0n) is 16.1. The van der Waals surface area contributed by atoms with Gasteiger partial charge in [-0.2, -0.15) is 0 Å². The Kier molecular flexibility index (Phi) is 8.21. The Morgan fingerprint density at radius 3 is 2.34 bits per heavy atom. The molecule has 0 aliphatic carbocycles. The quantitative estimate of drug-likeness (QED) is 0.530. The standard InChI is InChI=1S/C20H23BrN2O5S/c1-3-16(4-2)22-19(24)13-28-20(25)14-6-5-7-17(12-14)23-29(26,27)18-10-8-15(21)9-11-18/h5-12,16,23H,3-4,13H2,1-2H3,(H,22,24). The number of hydrogen-bond donors (Lipinski definition) is 2. The van der Waals surface area contributed by atoms with E-state index in [1.165, 1.54) is 36.4 Å². The molecule has 0 aliphatic rings. The second-order valence-corrected chi connectivity index (χ2v) is 8.90. The number of hydrogen-bond acceptors (Lipinski definition) is 5. The summed E-state index contributed by atoms with van der Waals surface area (Å²) >= 11 is 3.26. The average molecular weight is 483 g/mol. The number of benzene rings is 2. The van der Waals surface area contributed by atoms with Crippen molar-refractivity contribution in [3.05, 3.63) is 58.6 Å². The molecule has 0 saturated heterocycles. The van der Waals surface area contributed by atoms with Crippen molar-refractivity contribution in [3.63, 3.8) is 0 Å². The highest BCUT2D eigenvalue weighted by Crippen LogP contribution is 2.19. The Hall–Kier alpha value is -2.39. The van der Waals surface area contributed by atoms with E-state index >= 15 is 0 Å². The van der Waals surface area contributed by atoms with Crippen molar-refractivity contribution in [3.8, 4) is 0 Å². The van der Waals surface area contributed by atoms with Crippen LogP contribution in [0, 0.1) is 0 Å². The second kappa shape index (κ2) is 10.4. The van der Waals surface area contributed by atoms with Gasteiger partial charge in [0.1, 0.15) is 0 Å². The van der Waals surface area contributed by atoms with E-state index in [1.807, 2.05) is 13.8 Å². The van der Waals surface area contributed by atoms with Gasteiger partial charge in [0.05, 0.1) is 10.5 Å². The summed E-state index contributed by atoms with van der Waals surface area (Å²) in [6.45, 7) is 3.52. The van der Waals surface area contributed by atoms with Gasteiger partial charge in [-0.1, -0.05) is 35.8 Å². The van der Waals surface area contributed by atoms with Crippen LogP contribution in [0.2, 0.25) is 0 Å². The van der Waals surface area contributed by atoms with Crippen molar-refractivity contribution in [1.82, 2.24) is 5.32 Å². The topological polar surface area (TPSA) is 102 Å². The van der Waals surface area contributed by atoms with Crippen molar-refractivity contribution < 1.29 is 22.7 Å². The van der Waals surface area contributed by atoms with E-state index < -0.39 is 22.6 Å². The smallest absolute Gasteiger partial charge is 0.338 e. The van der Waals surface area contributed by atoms with E-state index in [2.05, 4.69) is 26.0 Å². The minimum absolute atomic E-state index is 0.0394. The molecule has 2 rings (SSSR count). The predicted molar refractivity (Wildman–Crippen MR) is 114 cm³/mol. The van der Waals surface area contributed by atoms with Crippen molar-refractivity contribution in [2.75, 3.05) is 11.3 Å². The Balaban J connectivity index is 2.02. The lowest BCUT2D eigenvalue weighted by Gasteiger charge is -2.14. The maximum atomic E-state index is 12.5. The number of anilines is 1. The van der Waals surface area contributed by atoms with Gasteiger partial charge in [0.25, 0.3) is 15.9 Å². The molecule has 0 spiro atoms. The molecule has 0 heterocycles. The molecule has 2 aromatic carbocycles. The van der Waals surface area contributed by atoms with Crippen LogP contribution in [0.15, 0.2) is 57.9 Å². The summed E-state index contributed by atoms with van der Waals surface area (Å²) in [5.41, 5.74) is 0.347. The van der Waals surface area contributed by atoms with Gasteiger partial charge in [0, 0.05) is 16.2 Å².